The predicted molar refractivity (Wildman–Crippen MR) is 124 cm³/mol. The maximum absolute atomic E-state index is 14.0. The lowest BCUT2D eigenvalue weighted by atomic mass is 9.69. The molecule has 1 heterocycles. The molecule has 31 heavy (non-hydrogen) atoms. The molecule has 0 spiro atoms. The lowest BCUT2D eigenvalue weighted by Gasteiger charge is -2.35. The molecule has 2 aromatic carbocycles. The number of nitrogens with zero attached hydrogens (tertiary/aromatic N) is 2. The van der Waals surface area contributed by atoms with Crippen molar-refractivity contribution in [2.45, 2.75) is 44.2 Å². The van der Waals surface area contributed by atoms with E-state index in [1.807, 2.05) is 48.5 Å². The van der Waals surface area contributed by atoms with Crippen LogP contribution in [0.3, 0.4) is 0 Å². The van der Waals surface area contributed by atoms with Crippen LogP contribution in [0.5, 0.6) is 0 Å². The van der Waals surface area contributed by atoms with Crippen molar-refractivity contribution < 1.29 is 9.53 Å². The number of para-hydroxylation sites is 1. The van der Waals surface area contributed by atoms with E-state index in [4.69, 9.17) is 9.72 Å². The lowest BCUT2D eigenvalue weighted by Crippen LogP contribution is -2.39. The fraction of sp³-hybridized carbons (Fsp3) is 0.320. The number of aromatic nitrogens is 2. The monoisotopic (exact) mass is 434 g/mol. The van der Waals surface area contributed by atoms with Crippen molar-refractivity contribution in [1.29, 1.82) is 0 Å². The third-order valence-corrected chi connectivity index (χ3v) is 6.84. The van der Waals surface area contributed by atoms with Crippen LogP contribution in [0.2, 0.25) is 0 Å². The van der Waals surface area contributed by atoms with Gasteiger partial charge in [0, 0.05) is 11.0 Å². The Kier molecular flexibility index (Phi) is 6.01. The molecule has 4 rings (SSSR count). The molecule has 1 aromatic heterocycles. The largest absolute Gasteiger partial charge is 0.465 e. The van der Waals surface area contributed by atoms with E-state index in [2.05, 4.69) is 19.9 Å². The molecule has 0 bridgehead atoms. The summed E-state index contributed by atoms with van der Waals surface area (Å²) >= 11 is 1.24. The quantitative estimate of drug-likeness (QED) is 0.317. The minimum absolute atomic E-state index is 0.0681. The van der Waals surface area contributed by atoms with E-state index < -0.39 is 0 Å². The van der Waals surface area contributed by atoms with Gasteiger partial charge >= 0.3 is 5.97 Å². The smallest absolute Gasteiger partial charge is 0.316 e. The van der Waals surface area contributed by atoms with Crippen molar-refractivity contribution in [2.24, 2.45) is 0 Å². The first-order chi connectivity index (χ1) is 15.0. The minimum atomic E-state index is -0.321. The van der Waals surface area contributed by atoms with Crippen LogP contribution in [0.4, 0.5) is 0 Å². The van der Waals surface area contributed by atoms with Crippen LogP contribution < -0.4 is 5.56 Å². The first kappa shape index (κ1) is 21.4. The van der Waals surface area contributed by atoms with Crippen molar-refractivity contribution in [1.82, 2.24) is 9.55 Å². The van der Waals surface area contributed by atoms with Crippen LogP contribution in [0, 0.1) is 0 Å². The van der Waals surface area contributed by atoms with Gasteiger partial charge in [0.15, 0.2) is 5.16 Å². The summed E-state index contributed by atoms with van der Waals surface area (Å²) in [5, 5.41) is 0.498. The maximum atomic E-state index is 14.0. The Morgan fingerprint density at radius 2 is 1.84 bits per heavy atom. The van der Waals surface area contributed by atoms with Crippen molar-refractivity contribution in [2.75, 3.05) is 12.4 Å². The number of ether oxygens (including phenoxy) is 1. The van der Waals surface area contributed by atoms with E-state index in [9.17, 15) is 9.59 Å². The van der Waals surface area contributed by atoms with E-state index in [1.165, 1.54) is 17.3 Å². The molecular formula is C25H26N2O3S. The second-order valence-electron chi connectivity index (χ2n) is 7.94. The van der Waals surface area contributed by atoms with Crippen molar-refractivity contribution in [3.05, 3.63) is 76.1 Å². The number of esters is 1. The second-order valence-corrected chi connectivity index (χ2v) is 8.88. The second kappa shape index (κ2) is 8.71. The Morgan fingerprint density at radius 1 is 1.13 bits per heavy atom. The number of rotatable bonds is 6. The van der Waals surface area contributed by atoms with E-state index in [1.54, 1.807) is 11.5 Å². The summed E-state index contributed by atoms with van der Waals surface area (Å²) in [7, 11) is 0. The molecule has 1 aliphatic rings. The van der Waals surface area contributed by atoms with Crippen LogP contribution >= 0.6 is 11.8 Å². The topological polar surface area (TPSA) is 61.2 Å². The zero-order valence-corrected chi connectivity index (χ0v) is 18.9. The number of benzene rings is 2. The molecule has 0 fully saturated rings. The number of hydrogen-bond acceptors (Lipinski definition) is 5. The van der Waals surface area contributed by atoms with Crippen LogP contribution in [-0.2, 0) is 21.4 Å². The van der Waals surface area contributed by atoms with Gasteiger partial charge in [0.1, 0.15) is 0 Å². The molecular weight excluding hydrogens is 408 g/mol. The number of carbonyl (C=O) groups is 1. The van der Waals surface area contributed by atoms with Gasteiger partial charge in [-0.2, -0.15) is 0 Å². The number of thioether (sulfide) groups is 1. The lowest BCUT2D eigenvalue weighted by molar-refractivity contribution is -0.139. The van der Waals surface area contributed by atoms with Gasteiger partial charge in [0.25, 0.3) is 5.56 Å². The van der Waals surface area contributed by atoms with Gasteiger partial charge in [-0.15, -0.1) is 0 Å². The molecule has 3 aromatic rings. The molecule has 0 aliphatic heterocycles. The normalized spacial score (nSPS) is 17.0. The van der Waals surface area contributed by atoms with Gasteiger partial charge in [-0.3, -0.25) is 14.2 Å². The van der Waals surface area contributed by atoms with Gasteiger partial charge in [-0.25, -0.2) is 4.98 Å². The molecule has 0 amide bonds. The summed E-state index contributed by atoms with van der Waals surface area (Å²) in [5.74, 6) is -0.226. The highest BCUT2D eigenvalue weighted by Crippen LogP contribution is 2.43. The Labute approximate surface area is 186 Å². The highest BCUT2D eigenvalue weighted by atomic mass is 32.2. The molecule has 160 valence electrons. The number of fused-ring (bicyclic) bond motifs is 3. The average Bonchev–Trinajstić information content (AvgIpc) is 2.78. The zero-order chi connectivity index (χ0) is 22.0. The van der Waals surface area contributed by atoms with Crippen LogP contribution in [-0.4, -0.2) is 27.9 Å². The molecule has 0 saturated heterocycles. The highest BCUT2D eigenvalue weighted by molar-refractivity contribution is 7.99. The number of hydrogen-bond donors (Lipinski definition) is 0. The molecule has 0 N–H and O–H groups in total. The Hall–Kier alpha value is -2.86. The Bertz CT molecular complexity index is 1170. The van der Waals surface area contributed by atoms with Crippen molar-refractivity contribution in [3.63, 3.8) is 0 Å². The van der Waals surface area contributed by atoms with Gasteiger partial charge < -0.3 is 4.74 Å². The standard InChI is InChI=1S/C25H26N2O3S/c1-4-25(3)15-17-11-9-10-14-19(17)22-21(25)23(29)27(18-12-7-6-8-13-18)24(26-22)31-16-20(28)30-5-2/h6-14H,4-5,15-16H2,1-3H3/t25-/m0/s1. The van der Waals surface area contributed by atoms with Crippen LogP contribution in [0.25, 0.3) is 16.9 Å². The van der Waals surface area contributed by atoms with E-state index in [-0.39, 0.29) is 22.7 Å². The van der Waals surface area contributed by atoms with Crippen molar-refractivity contribution in [3.8, 4) is 16.9 Å². The van der Waals surface area contributed by atoms with E-state index in [0.29, 0.717) is 11.8 Å². The third-order valence-electron chi connectivity index (χ3n) is 5.93. The van der Waals surface area contributed by atoms with Crippen LogP contribution in [0.1, 0.15) is 38.3 Å². The fourth-order valence-corrected chi connectivity index (χ4v) is 4.99. The molecule has 0 saturated carbocycles. The number of carbonyl (C=O) groups excluding carboxylic acids is 1. The molecule has 0 unspecified atom stereocenters. The molecule has 1 atom stereocenters. The summed E-state index contributed by atoms with van der Waals surface area (Å²) < 4.78 is 6.73. The van der Waals surface area contributed by atoms with Gasteiger partial charge in [0.2, 0.25) is 0 Å². The highest BCUT2D eigenvalue weighted by Gasteiger charge is 2.38. The fourth-order valence-electron chi connectivity index (χ4n) is 4.18. The molecule has 5 nitrogen and oxygen atoms in total. The van der Waals surface area contributed by atoms with Gasteiger partial charge in [-0.05, 0) is 37.5 Å². The summed E-state index contributed by atoms with van der Waals surface area (Å²) in [4.78, 5) is 31.0. The summed E-state index contributed by atoms with van der Waals surface area (Å²) in [6, 6.07) is 17.6. The van der Waals surface area contributed by atoms with E-state index >= 15 is 0 Å². The summed E-state index contributed by atoms with van der Waals surface area (Å²) in [6.07, 6.45) is 1.63. The Morgan fingerprint density at radius 3 is 2.55 bits per heavy atom. The van der Waals surface area contributed by atoms with Gasteiger partial charge in [0.05, 0.1) is 29.3 Å². The molecule has 0 radical (unpaired) electrons. The molecule has 6 heteroatoms. The Balaban J connectivity index is 1.97. The first-order valence-electron chi connectivity index (χ1n) is 10.6. The molecule has 1 aliphatic carbocycles. The van der Waals surface area contributed by atoms with E-state index in [0.717, 1.165) is 35.3 Å². The zero-order valence-electron chi connectivity index (χ0n) is 18.1. The van der Waals surface area contributed by atoms with Crippen molar-refractivity contribution >= 4 is 17.7 Å². The predicted octanol–water partition coefficient (Wildman–Crippen LogP) is 4.78. The average molecular weight is 435 g/mol. The summed E-state index contributed by atoms with van der Waals surface area (Å²) in [6.45, 7) is 6.37. The third kappa shape index (κ3) is 3.92. The minimum Gasteiger partial charge on any atom is -0.465 e. The van der Waals surface area contributed by atoms with Gasteiger partial charge in [-0.1, -0.05) is 68.1 Å². The maximum Gasteiger partial charge on any atom is 0.316 e. The first-order valence-corrected chi connectivity index (χ1v) is 11.6. The van der Waals surface area contributed by atoms with Crippen LogP contribution in [0.15, 0.2) is 64.5 Å². The SMILES string of the molecule is CCOC(=O)CSc1nc2c(c(=O)n1-c1ccccc1)[C@@](C)(CC)Cc1ccccc1-2. The summed E-state index contributed by atoms with van der Waals surface area (Å²) in [5.41, 5.74) is 4.04.